The summed E-state index contributed by atoms with van der Waals surface area (Å²) >= 11 is 0. The quantitative estimate of drug-likeness (QED) is 0.438. The highest BCUT2D eigenvalue weighted by molar-refractivity contribution is 5.68. The van der Waals surface area contributed by atoms with E-state index in [1.54, 1.807) is 18.2 Å². The van der Waals surface area contributed by atoms with Crippen LogP contribution in [0.1, 0.15) is 13.3 Å². The van der Waals surface area contributed by atoms with Crippen molar-refractivity contribution < 1.29 is 14.4 Å². The Bertz CT molecular complexity index is 396. The van der Waals surface area contributed by atoms with Crippen molar-refractivity contribution in [3.8, 4) is 5.75 Å². The second kappa shape index (κ2) is 7.50. The summed E-state index contributed by atoms with van der Waals surface area (Å²) in [7, 11) is 1.42. The Labute approximate surface area is 106 Å². The number of nitro benzene ring substituents is 1. The first-order valence-corrected chi connectivity index (χ1v) is 5.83. The number of nitro groups is 1. The van der Waals surface area contributed by atoms with Crippen LogP contribution in [-0.4, -0.2) is 31.8 Å². The highest BCUT2D eigenvalue weighted by Gasteiger charge is 2.19. The van der Waals surface area contributed by atoms with Gasteiger partial charge in [-0.25, -0.2) is 0 Å². The van der Waals surface area contributed by atoms with Gasteiger partial charge in [0, 0.05) is 19.8 Å². The van der Waals surface area contributed by atoms with Gasteiger partial charge in [-0.3, -0.25) is 10.1 Å². The summed E-state index contributed by atoms with van der Waals surface area (Å²) in [5.41, 5.74) is 0.437. The molecule has 0 saturated carbocycles. The number of nitrogens with one attached hydrogen (secondary N) is 1. The van der Waals surface area contributed by atoms with Crippen LogP contribution in [0.2, 0.25) is 0 Å². The average Bonchev–Trinajstić information content (AvgIpc) is 2.37. The van der Waals surface area contributed by atoms with Crippen molar-refractivity contribution in [2.75, 3.05) is 32.2 Å². The minimum Gasteiger partial charge on any atom is -0.490 e. The molecular formula is C12H18N2O4. The Hall–Kier alpha value is -1.82. The molecule has 0 saturated heterocycles. The maximum absolute atomic E-state index is 11.0. The summed E-state index contributed by atoms with van der Waals surface area (Å²) in [5.74, 6) is 0.259. The second-order valence-electron chi connectivity index (χ2n) is 3.59. The zero-order valence-corrected chi connectivity index (χ0v) is 10.6. The lowest BCUT2D eigenvalue weighted by Gasteiger charge is -2.09. The molecule has 0 aliphatic carbocycles. The minimum atomic E-state index is -0.441. The monoisotopic (exact) mass is 254 g/mol. The molecule has 0 radical (unpaired) electrons. The first-order valence-electron chi connectivity index (χ1n) is 5.83. The number of rotatable bonds is 8. The van der Waals surface area contributed by atoms with Crippen molar-refractivity contribution in [3.05, 3.63) is 28.3 Å². The number of ether oxygens (including phenoxy) is 2. The predicted molar refractivity (Wildman–Crippen MR) is 69.2 cm³/mol. The molecule has 0 aliphatic rings. The molecule has 1 aromatic carbocycles. The number of para-hydroxylation sites is 1. The normalized spacial score (nSPS) is 10.1. The van der Waals surface area contributed by atoms with Gasteiger partial charge in [0.1, 0.15) is 5.69 Å². The summed E-state index contributed by atoms with van der Waals surface area (Å²) in [6.45, 7) is 3.87. The Morgan fingerprint density at radius 1 is 1.44 bits per heavy atom. The maximum Gasteiger partial charge on any atom is 0.333 e. The van der Waals surface area contributed by atoms with Gasteiger partial charge in [-0.1, -0.05) is 6.07 Å². The van der Waals surface area contributed by atoms with Crippen LogP contribution < -0.4 is 10.1 Å². The Balaban J connectivity index is 2.67. The van der Waals surface area contributed by atoms with E-state index < -0.39 is 4.92 Å². The SMILES string of the molecule is CCOCCCNc1cccc(OC)c1[N+](=O)[O-]. The number of anilines is 1. The van der Waals surface area contributed by atoms with E-state index in [1.165, 1.54) is 7.11 Å². The molecule has 100 valence electrons. The van der Waals surface area contributed by atoms with E-state index >= 15 is 0 Å². The van der Waals surface area contributed by atoms with Crippen molar-refractivity contribution >= 4 is 11.4 Å². The molecule has 0 aliphatic heterocycles. The summed E-state index contributed by atoms with van der Waals surface area (Å²) in [6, 6.07) is 4.96. The summed E-state index contributed by atoms with van der Waals surface area (Å²) in [4.78, 5) is 10.6. The third kappa shape index (κ3) is 3.89. The lowest BCUT2D eigenvalue weighted by Crippen LogP contribution is -2.08. The van der Waals surface area contributed by atoms with E-state index in [0.29, 0.717) is 25.4 Å². The highest BCUT2D eigenvalue weighted by atomic mass is 16.6. The topological polar surface area (TPSA) is 73.6 Å². The molecule has 6 heteroatoms. The summed E-state index contributed by atoms with van der Waals surface area (Å²) in [5, 5.41) is 14.0. The average molecular weight is 254 g/mol. The van der Waals surface area contributed by atoms with Crippen LogP contribution in [0, 0.1) is 10.1 Å². The van der Waals surface area contributed by atoms with E-state index in [1.807, 2.05) is 6.92 Å². The van der Waals surface area contributed by atoms with Gasteiger partial charge in [0.25, 0.3) is 0 Å². The van der Waals surface area contributed by atoms with Crippen molar-refractivity contribution in [2.24, 2.45) is 0 Å². The smallest absolute Gasteiger partial charge is 0.333 e. The zero-order chi connectivity index (χ0) is 13.4. The third-order valence-electron chi connectivity index (χ3n) is 2.39. The molecule has 0 unspecified atom stereocenters. The molecule has 1 rings (SSSR count). The molecule has 0 amide bonds. The number of benzene rings is 1. The van der Waals surface area contributed by atoms with Gasteiger partial charge in [-0.05, 0) is 25.5 Å². The zero-order valence-electron chi connectivity index (χ0n) is 10.6. The number of nitrogens with zero attached hydrogens (tertiary/aromatic N) is 1. The van der Waals surface area contributed by atoms with Gasteiger partial charge in [-0.2, -0.15) is 0 Å². The molecule has 0 heterocycles. The molecule has 0 spiro atoms. The Morgan fingerprint density at radius 2 is 2.22 bits per heavy atom. The molecule has 1 aromatic rings. The van der Waals surface area contributed by atoms with Crippen molar-refractivity contribution in [3.63, 3.8) is 0 Å². The maximum atomic E-state index is 11.0. The predicted octanol–water partition coefficient (Wildman–Crippen LogP) is 2.44. The van der Waals surface area contributed by atoms with Gasteiger partial charge in [0.15, 0.2) is 5.75 Å². The van der Waals surface area contributed by atoms with Gasteiger partial charge in [0.05, 0.1) is 12.0 Å². The lowest BCUT2D eigenvalue weighted by molar-refractivity contribution is -0.384. The molecule has 18 heavy (non-hydrogen) atoms. The van der Waals surface area contributed by atoms with Gasteiger partial charge in [0.2, 0.25) is 0 Å². The van der Waals surface area contributed by atoms with Gasteiger partial charge < -0.3 is 14.8 Å². The Morgan fingerprint density at radius 3 is 2.83 bits per heavy atom. The molecule has 0 bridgehead atoms. The van der Waals surface area contributed by atoms with E-state index in [4.69, 9.17) is 9.47 Å². The van der Waals surface area contributed by atoms with Crippen LogP contribution in [0.4, 0.5) is 11.4 Å². The molecule has 1 N–H and O–H groups in total. The second-order valence-corrected chi connectivity index (χ2v) is 3.59. The molecule has 0 fully saturated rings. The van der Waals surface area contributed by atoms with Crippen LogP contribution in [-0.2, 0) is 4.74 Å². The fourth-order valence-corrected chi connectivity index (χ4v) is 1.56. The van der Waals surface area contributed by atoms with E-state index in [2.05, 4.69) is 5.32 Å². The molecule has 0 atom stereocenters. The largest absolute Gasteiger partial charge is 0.490 e. The number of hydrogen-bond acceptors (Lipinski definition) is 5. The van der Waals surface area contributed by atoms with E-state index in [-0.39, 0.29) is 11.4 Å². The van der Waals surface area contributed by atoms with Crippen molar-refractivity contribution in [2.45, 2.75) is 13.3 Å². The third-order valence-corrected chi connectivity index (χ3v) is 2.39. The number of hydrogen-bond donors (Lipinski definition) is 1. The summed E-state index contributed by atoms with van der Waals surface area (Å²) < 4.78 is 10.2. The first kappa shape index (κ1) is 14.2. The fraction of sp³-hybridized carbons (Fsp3) is 0.500. The standard InChI is InChI=1S/C12H18N2O4/c1-3-18-9-5-8-13-10-6-4-7-11(17-2)12(10)14(15)16/h4,6-7,13H,3,5,8-9H2,1-2H3. The number of methoxy groups -OCH3 is 1. The van der Waals surface area contributed by atoms with Crippen molar-refractivity contribution in [1.82, 2.24) is 0 Å². The minimum absolute atomic E-state index is 0.0311. The van der Waals surface area contributed by atoms with Crippen LogP contribution in [0.5, 0.6) is 5.75 Å². The Kier molecular flexibility index (Phi) is 5.93. The fourth-order valence-electron chi connectivity index (χ4n) is 1.56. The summed E-state index contributed by atoms with van der Waals surface area (Å²) in [6.07, 6.45) is 0.794. The van der Waals surface area contributed by atoms with Crippen LogP contribution in [0.15, 0.2) is 18.2 Å². The van der Waals surface area contributed by atoms with Gasteiger partial charge in [-0.15, -0.1) is 0 Å². The van der Waals surface area contributed by atoms with Crippen LogP contribution in [0.25, 0.3) is 0 Å². The first-order chi connectivity index (χ1) is 8.70. The lowest BCUT2D eigenvalue weighted by atomic mass is 10.2. The van der Waals surface area contributed by atoms with Crippen LogP contribution in [0.3, 0.4) is 0 Å². The highest BCUT2D eigenvalue weighted by Crippen LogP contribution is 2.34. The van der Waals surface area contributed by atoms with E-state index in [9.17, 15) is 10.1 Å². The van der Waals surface area contributed by atoms with Crippen molar-refractivity contribution in [1.29, 1.82) is 0 Å². The van der Waals surface area contributed by atoms with Crippen LogP contribution >= 0.6 is 0 Å². The van der Waals surface area contributed by atoms with E-state index in [0.717, 1.165) is 6.42 Å². The van der Waals surface area contributed by atoms with Gasteiger partial charge >= 0.3 is 5.69 Å². The molecule has 6 nitrogen and oxygen atoms in total. The molecular weight excluding hydrogens is 236 g/mol. The molecule has 0 aromatic heterocycles.